The smallest absolute Gasteiger partial charge is 0.271 e. The van der Waals surface area contributed by atoms with E-state index >= 15 is 0 Å². The van der Waals surface area contributed by atoms with Crippen LogP contribution in [0.4, 0.5) is 0 Å². The molecule has 0 aliphatic rings. The molecule has 0 saturated carbocycles. The predicted octanol–water partition coefficient (Wildman–Crippen LogP) is -0.0583. The first kappa shape index (κ1) is 19.7. The molecule has 0 saturated heterocycles. The van der Waals surface area contributed by atoms with Gasteiger partial charge in [-0.3, -0.25) is 14.8 Å². The number of benzene rings is 2. The van der Waals surface area contributed by atoms with Gasteiger partial charge in [0.05, 0.1) is 13.3 Å². The molecule has 0 aromatic heterocycles. The van der Waals surface area contributed by atoms with E-state index in [4.69, 9.17) is 9.94 Å². The number of carbonyl (C=O) groups is 2. The van der Waals surface area contributed by atoms with Crippen LogP contribution in [-0.4, -0.2) is 43.3 Å². The van der Waals surface area contributed by atoms with Gasteiger partial charge >= 0.3 is 0 Å². The van der Waals surface area contributed by atoms with Crippen molar-refractivity contribution in [2.45, 2.75) is 0 Å². The van der Waals surface area contributed by atoms with E-state index in [0.29, 0.717) is 22.4 Å². The van der Waals surface area contributed by atoms with Crippen LogP contribution in [0.25, 0.3) is 6.08 Å². The highest BCUT2D eigenvalue weighted by molar-refractivity contribution is 6.35. The third-order valence-electron chi connectivity index (χ3n) is 3.62. The first-order valence-electron chi connectivity index (χ1n) is 7.88. The Kier molecular flexibility index (Phi) is 6.73. The lowest BCUT2D eigenvalue weighted by Crippen LogP contribution is -2.19. The molecule has 2 rings (SSSR count). The van der Waals surface area contributed by atoms with E-state index in [1.165, 1.54) is 24.9 Å². The van der Waals surface area contributed by atoms with Crippen molar-refractivity contribution in [3.05, 3.63) is 59.2 Å². The average molecular weight is 367 g/mol. The number of ether oxygens (including phenoxy) is 1. The van der Waals surface area contributed by atoms with Crippen LogP contribution in [0.3, 0.4) is 0 Å². The molecular weight excluding hydrogens is 349 g/mol. The third-order valence-corrected chi connectivity index (χ3v) is 3.62. The van der Waals surface area contributed by atoms with E-state index in [1.54, 1.807) is 44.2 Å². The number of methoxy groups -OCH3 is 1. The van der Waals surface area contributed by atoms with E-state index in [0.717, 1.165) is 11.5 Å². The Hall–Kier alpha value is -3.59. The van der Waals surface area contributed by atoms with Gasteiger partial charge in [0.25, 0.3) is 11.8 Å². The van der Waals surface area contributed by atoms with Crippen molar-refractivity contribution in [1.29, 1.82) is 0 Å². The Morgan fingerprint density at radius 3 is 2.74 bits per heavy atom. The van der Waals surface area contributed by atoms with Crippen LogP contribution < -0.4 is 21.1 Å². The quantitative estimate of drug-likeness (QED) is 0.188. The Labute approximate surface area is 156 Å². The molecule has 0 bridgehead atoms. The minimum absolute atomic E-state index is 0.0240. The molecule has 0 aliphatic carbocycles. The number of rotatable bonds is 6. The number of aromatic hydroxyl groups is 1. The number of phenols is 1. The van der Waals surface area contributed by atoms with Gasteiger partial charge in [-0.15, -0.1) is 0 Å². The van der Waals surface area contributed by atoms with Gasteiger partial charge in [-0.05, 0) is 41.5 Å². The molecule has 0 unspecified atom stereocenters. The number of hydroxylamine groups is 1. The van der Waals surface area contributed by atoms with Gasteiger partial charge in [-0.1, -0.05) is 17.6 Å². The van der Waals surface area contributed by atoms with Gasteiger partial charge in [-0.25, -0.2) is 10.9 Å². The van der Waals surface area contributed by atoms with Crippen molar-refractivity contribution in [2.24, 2.45) is 5.10 Å². The van der Waals surface area contributed by atoms with Crippen LogP contribution in [-0.2, 0) is 4.79 Å². The fourth-order valence-corrected chi connectivity index (χ4v) is 2.21. The molecule has 0 radical (unpaired) electrons. The van der Waals surface area contributed by atoms with E-state index in [2.05, 4.69) is 10.5 Å². The highest BCUT2D eigenvalue weighted by Gasteiger charge is 2.07. The number of hydrogen-bond acceptors (Lipinski definition) is 6. The summed E-state index contributed by atoms with van der Waals surface area (Å²) in [6, 6.07) is 9.68. The van der Waals surface area contributed by atoms with Crippen LogP contribution in [0.15, 0.2) is 47.6 Å². The summed E-state index contributed by atoms with van der Waals surface area (Å²) in [6.07, 6.45) is 4.04. The largest absolute Gasteiger partial charge is 0.504 e. The maximum Gasteiger partial charge on any atom is 0.271 e. The van der Waals surface area contributed by atoms with Crippen LogP contribution in [0.1, 0.15) is 21.5 Å². The van der Waals surface area contributed by atoms with Crippen molar-refractivity contribution in [3.8, 4) is 11.5 Å². The summed E-state index contributed by atoms with van der Waals surface area (Å²) in [4.78, 5) is 23.2. The van der Waals surface area contributed by atoms with Gasteiger partial charge in [0, 0.05) is 11.6 Å². The lowest BCUT2D eigenvalue weighted by molar-refractivity contribution is -0.124. The van der Waals surface area contributed by atoms with Crippen molar-refractivity contribution < 1.29 is 24.6 Å². The summed E-state index contributed by atoms with van der Waals surface area (Å²) in [5, 5.41) is 22.1. The zero-order valence-corrected chi connectivity index (χ0v) is 14.8. The first-order chi connectivity index (χ1) is 12.9. The molecule has 4 N–H and O–H groups in total. The molecule has 0 heterocycles. The fraction of sp³-hybridized carbons (Fsp3) is 0.0556. The Morgan fingerprint density at radius 2 is 2.04 bits per heavy atom. The number of nitrogens with one attached hydrogen (secondary N) is 2. The van der Waals surface area contributed by atoms with Crippen LogP contribution in [0, 0.1) is 0 Å². The highest BCUT2D eigenvalue weighted by atomic mass is 16.5. The van der Waals surface area contributed by atoms with E-state index < -0.39 is 11.8 Å². The van der Waals surface area contributed by atoms with Crippen LogP contribution in [0.2, 0.25) is 0 Å². The summed E-state index contributed by atoms with van der Waals surface area (Å²) < 4.78 is 5.05. The minimum Gasteiger partial charge on any atom is -0.504 e. The molecule has 2 amide bonds. The monoisotopic (exact) mass is 367 g/mol. The Morgan fingerprint density at radius 1 is 1.26 bits per heavy atom. The normalized spacial score (nSPS) is 10.9. The summed E-state index contributed by atoms with van der Waals surface area (Å²) in [5.41, 5.74) is 6.29. The molecule has 8 nitrogen and oxygen atoms in total. The predicted molar refractivity (Wildman–Crippen MR) is 103 cm³/mol. The van der Waals surface area contributed by atoms with Crippen LogP contribution >= 0.6 is 0 Å². The number of phenolic OH excluding ortho intramolecular Hbond substituents is 1. The Bertz CT molecular complexity index is 912. The van der Waals surface area contributed by atoms with Gasteiger partial charge in [0.2, 0.25) is 0 Å². The summed E-state index contributed by atoms with van der Waals surface area (Å²) in [6.45, 7) is 0. The highest BCUT2D eigenvalue weighted by Crippen LogP contribution is 2.24. The number of nitrogens with zero attached hydrogens (tertiary/aromatic N) is 1. The second kappa shape index (κ2) is 9.21. The summed E-state index contributed by atoms with van der Waals surface area (Å²) in [5.74, 6) is -0.777. The second-order valence-corrected chi connectivity index (χ2v) is 5.51. The number of hydrazone groups is 1. The maximum atomic E-state index is 12.2. The van der Waals surface area contributed by atoms with Gasteiger partial charge in [0.1, 0.15) is 7.85 Å². The van der Waals surface area contributed by atoms with Crippen molar-refractivity contribution in [1.82, 2.24) is 10.9 Å². The Balaban J connectivity index is 2.09. The fourth-order valence-electron chi connectivity index (χ4n) is 2.21. The molecule has 138 valence electrons. The molecule has 27 heavy (non-hydrogen) atoms. The van der Waals surface area contributed by atoms with Crippen LogP contribution in [0.5, 0.6) is 11.5 Å². The lowest BCUT2D eigenvalue weighted by atomic mass is 9.90. The molecule has 9 heteroatoms. The third kappa shape index (κ3) is 5.45. The average Bonchev–Trinajstić information content (AvgIpc) is 2.67. The SMILES string of the molecule is Bc1cc(O)c(OC)cc1/C=N/NC(=O)c1cccc(/C=C/C(=O)NO)c1. The molecule has 0 atom stereocenters. The molecule has 2 aromatic rings. The van der Waals surface area contributed by atoms with E-state index in [-0.39, 0.29) is 5.75 Å². The zero-order chi connectivity index (χ0) is 19.8. The summed E-state index contributed by atoms with van der Waals surface area (Å²) in [7, 11) is 3.24. The van der Waals surface area contributed by atoms with E-state index in [1.807, 2.05) is 0 Å². The zero-order valence-electron chi connectivity index (χ0n) is 14.8. The summed E-state index contributed by atoms with van der Waals surface area (Å²) >= 11 is 0. The topological polar surface area (TPSA) is 120 Å². The van der Waals surface area contributed by atoms with Gasteiger partial charge < -0.3 is 9.84 Å². The lowest BCUT2D eigenvalue weighted by Gasteiger charge is -2.07. The maximum absolute atomic E-state index is 12.2. The number of carbonyl (C=O) groups excluding carboxylic acids is 2. The number of amides is 2. The first-order valence-corrected chi connectivity index (χ1v) is 7.88. The van der Waals surface area contributed by atoms with E-state index in [9.17, 15) is 14.7 Å². The minimum atomic E-state index is -0.672. The van der Waals surface area contributed by atoms with Gasteiger partial charge in [-0.2, -0.15) is 5.10 Å². The second-order valence-electron chi connectivity index (χ2n) is 5.51. The molecule has 2 aromatic carbocycles. The number of hydrogen-bond donors (Lipinski definition) is 4. The molecule has 0 aliphatic heterocycles. The molecule has 0 fully saturated rings. The molecule has 0 spiro atoms. The van der Waals surface area contributed by atoms with Crippen molar-refractivity contribution >= 4 is 37.4 Å². The van der Waals surface area contributed by atoms with Gasteiger partial charge in [0.15, 0.2) is 11.5 Å². The standard InChI is InChI=1S/C18H18BN3O5/c1-27-16-8-13(14(19)9-15(16)23)10-20-21-18(25)12-4-2-3-11(7-12)5-6-17(24)22-26/h2-10,23,26H,19H2,1H3,(H,21,25)(H,22,24)/b6-5+,20-10+. The van der Waals surface area contributed by atoms with Crippen molar-refractivity contribution in [2.75, 3.05) is 7.11 Å². The molecular formula is C18H18BN3O5. The van der Waals surface area contributed by atoms with Crippen molar-refractivity contribution in [3.63, 3.8) is 0 Å².